The maximum atomic E-state index is 9.22. The molecule has 0 radical (unpaired) electrons. The van der Waals surface area contributed by atoms with Crippen molar-refractivity contribution in [1.29, 1.82) is 0 Å². The molecule has 1 rings (SSSR count). The molecule has 108 valence electrons. The molecule has 19 heavy (non-hydrogen) atoms. The number of aliphatic hydroxyl groups is 2. The molecule has 2 atom stereocenters. The van der Waals surface area contributed by atoms with Gasteiger partial charge in [-0.25, -0.2) is 0 Å². The number of rotatable bonds is 8. The zero-order valence-corrected chi connectivity index (χ0v) is 11.9. The van der Waals surface area contributed by atoms with Gasteiger partial charge in [0.05, 0.1) is 19.3 Å². The Kier molecular flexibility index (Phi) is 7.02. The number of hydrogen-bond acceptors (Lipinski definition) is 4. The van der Waals surface area contributed by atoms with E-state index in [-0.39, 0.29) is 25.3 Å². The fourth-order valence-electron chi connectivity index (χ4n) is 2.49. The molecule has 0 aliphatic rings. The van der Waals surface area contributed by atoms with E-state index in [1.165, 1.54) is 11.1 Å². The fourth-order valence-corrected chi connectivity index (χ4v) is 2.49. The molecule has 0 spiro atoms. The van der Waals surface area contributed by atoms with Gasteiger partial charge in [0.15, 0.2) is 0 Å². The highest BCUT2D eigenvalue weighted by molar-refractivity contribution is 5.30. The summed E-state index contributed by atoms with van der Waals surface area (Å²) in [6.07, 6.45) is 0.854. The first-order valence-electron chi connectivity index (χ1n) is 6.92. The van der Waals surface area contributed by atoms with E-state index in [2.05, 4.69) is 30.9 Å². The summed E-state index contributed by atoms with van der Waals surface area (Å²) in [5, 5.41) is 18.4. The normalized spacial score (nSPS) is 14.6. The Morgan fingerprint density at radius 1 is 1.16 bits per heavy atom. The summed E-state index contributed by atoms with van der Waals surface area (Å²) in [5.41, 5.74) is 8.65. The van der Waals surface area contributed by atoms with Crippen molar-refractivity contribution in [3.05, 3.63) is 35.4 Å². The first-order valence-corrected chi connectivity index (χ1v) is 6.92. The van der Waals surface area contributed by atoms with Crippen LogP contribution in [0.2, 0.25) is 0 Å². The first-order chi connectivity index (χ1) is 9.15. The Morgan fingerprint density at radius 2 is 1.74 bits per heavy atom. The van der Waals surface area contributed by atoms with Crippen LogP contribution in [0.4, 0.5) is 0 Å². The Hall–Kier alpha value is -0.940. The van der Waals surface area contributed by atoms with Crippen molar-refractivity contribution >= 4 is 0 Å². The van der Waals surface area contributed by atoms with Crippen LogP contribution in [0.5, 0.6) is 0 Å². The van der Waals surface area contributed by atoms with Gasteiger partial charge in [-0.3, -0.25) is 4.90 Å². The number of aryl methyl sites for hydroxylation is 1. The number of nitrogens with two attached hydrogens (primary N) is 1. The highest BCUT2D eigenvalue weighted by Crippen LogP contribution is 2.27. The maximum absolute atomic E-state index is 9.22. The van der Waals surface area contributed by atoms with Crippen LogP contribution in [0, 0.1) is 6.92 Å². The summed E-state index contributed by atoms with van der Waals surface area (Å²) in [6.45, 7) is 5.31. The Morgan fingerprint density at radius 3 is 2.21 bits per heavy atom. The topological polar surface area (TPSA) is 69.7 Å². The summed E-state index contributed by atoms with van der Waals surface area (Å²) in [4.78, 5) is 2.07. The van der Waals surface area contributed by atoms with Gasteiger partial charge in [-0.15, -0.1) is 0 Å². The van der Waals surface area contributed by atoms with Crippen LogP contribution in [0.3, 0.4) is 0 Å². The molecule has 0 aliphatic heterocycles. The summed E-state index contributed by atoms with van der Waals surface area (Å²) < 4.78 is 0. The van der Waals surface area contributed by atoms with Gasteiger partial charge in [0.25, 0.3) is 0 Å². The van der Waals surface area contributed by atoms with Crippen molar-refractivity contribution in [3.8, 4) is 0 Å². The second-order valence-corrected chi connectivity index (χ2v) is 4.86. The quantitative estimate of drug-likeness (QED) is 0.658. The molecule has 2 unspecified atom stereocenters. The fraction of sp³-hybridized carbons (Fsp3) is 0.600. The highest BCUT2D eigenvalue weighted by atomic mass is 16.3. The summed E-state index contributed by atoms with van der Waals surface area (Å²) in [7, 11) is 0. The first kappa shape index (κ1) is 16.1. The van der Waals surface area contributed by atoms with Crippen molar-refractivity contribution in [2.45, 2.75) is 32.4 Å². The molecule has 0 saturated heterocycles. The van der Waals surface area contributed by atoms with E-state index in [0.717, 1.165) is 6.42 Å². The molecule has 1 aromatic rings. The third-order valence-corrected chi connectivity index (χ3v) is 3.55. The largest absolute Gasteiger partial charge is 0.395 e. The minimum atomic E-state index is -0.0146. The minimum absolute atomic E-state index is 0.0146. The van der Waals surface area contributed by atoms with E-state index >= 15 is 0 Å². The molecular weight excluding hydrogens is 240 g/mol. The van der Waals surface area contributed by atoms with Gasteiger partial charge in [0, 0.05) is 19.1 Å². The van der Waals surface area contributed by atoms with Gasteiger partial charge in [-0.1, -0.05) is 31.2 Å². The Balaban J connectivity index is 3.08. The Labute approximate surface area is 115 Å². The monoisotopic (exact) mass is 266 g/mol. The van der Waals surface area contributed by atoms with E-state index < -0.39 is 0 Å². The molecule has 1 aromatic carbocycles. The molecule has 0 aromatic heterocycles. The van der Waals surface area contributed by atoms with Crippen LogP contribution in [0.15, 0.2) is 24.3 Å². The smallest absolute Gasteiger partial charge is 0.0558 e. The van der Waals surface area contributed by atoms with Crippen LogP contribution >= 0.6 is 0 Å². The van der Waals surface area contributed by atoms with Gasteiger partial charge < -0.3 is 15.9 Å². The van der Waals surface area contributed by atoms with Crippen LogP contribution in [-0.4, -0.2) is 47.5 Å². The molecular formula is C15H26N2O2. The number of nitrogens with zero attached hydrogens (tertiary/aromatic N) is 1. The standard InChI is InChI=1S/C15H26N2O2/c1-3-14(16)15(17(8-10-18)9-11-19)13-7-5-4-6-12(13)2/h4-7,14-15,18-19H,3,8-11,16H2,1-2H3. The molecule has 0 heterocycles. The third-order valence-electron chi connectivity index (χ3n) is 3.55. The van der Waals surface area contributed by atoms with E-state index in [1.54, 1.807) is 0 Å². The lowest BCUT2D eigenvalue weighted by molar-refractivity contribution is 0.107. The average molecular weight is 266 g/mol. The van der Waals surface area contributed by atoms with Crippen molar-refractivity contribution in [1.82, 2.24) is 4.90 Å². The van der Waals surface area contributed by atoms with Crippen molar-refractivity contribution in [2.24, 2.45) is 5.73 Å². The number of benzene rings is 1. The summed E-state index contributed by atoms with van der Waals surface area (Å²) in [6, 6.07) is 8.19. The van der Waals surface area contributed by atoms with Crippen LogP contribution in [0.25, 0.3) is 0 Å². The van der Waals surface area contributed by atoms with Gasteiger partial charge >= 0.3 is 0 Å². The molecule has 0 amide bonds. The van der Waals surface area contributed by atoms with Crippen molar-refractivity contribution < 1.29 is 10.2 Å². The third kappa shape index (κ3) is 4.28. The van der Waals surface area contributed by atoms with Crippen LogP contribution < -0.4 is 5.73 Å². The van der Waals surface area contributed by atoms with Gasteiger partial charge in [-0.2, -0.15) is 0 Å². The molecule has 0 fully saturated rings. The van der Waals surface area contributed by atoms with Gasteiger partial charge in [0.2, 0.25) is 0 Å². The minimum Gasteiger partial charge on any atom is -0.395 e. The average Bonchev–Trinajstić information content (AvgIpc) is 2.41. The van der Waals surface area contributed by atoms with Crippen LogP contribution in [0.1, 0.15) is 30.5 Å². The zero-order chi connectivity index (χ0) is 14.3. The maximum Gasteiger partial charge on any atom is 0.0558 e. The second kappa shape index (κ2) is 8.27. The lowest BCUT2D eigenvalue weighted by atomic mass is 9.93. The zero-order valence-electron chi connectivity index (χ0n) is 11.9. The molecule has 4 N–H and O–H groups in total. The van der Waals surface area contributed by atoms with E-state index in [9.17, 15) is 10.2 Å². The lowest BCUT2D eigenvalue weighted by Crippen LogP contribution is -2.43. The summed E-state index contributed by atoms with van der Waals surface area (Å²) in [5.74, 6) is 0. The molecule has 0 aliphatic carbocycles. The molecule has 0 bridgehead atoms. The van der Waals surface area contributed by atoms with Gasteiger partial charge in [-0.05, 0) is 24.5 Å². The van der Waals surface area contributed by atoms with Crippen molar-refractivity contribution in [2.75, 3.05) is 26.3 Å². The molecule has 4 heteroatoms. The molecule has 4 nitrogen and oxygen atoms in total. The van der Waals surface area contributed by atoms with Crippen LogP contribution in [-0.2, 0) is 0 Å². The molecule has 0 saturated carbocycles. The highest BCUT2D eigenvalue weighted by Gasteiger charge is 2.26. The Bertz CT molecular complexity index is 365. The lowest BCUT2D eigenvalue weighted by Gasteiger charge is -2.35. The number of hydrogen-bond donors (Lipinski definition) is 3. The van der Waals surface area contributed by atoms with E-state index in [0.29, 0.717) is 13.1 Å². The van der Waals surface area contributed by atoms with E-state index in [4.69, 9.17) is 5.73 Å². The van der Waals surface area contributed by atoms with E-state index in [1.807, 2.05) is 12.1 Å². The predicted octanol–water partition coefficient (Wildman–Crippen LogP) is 1.06. The summed E-state index contributed by atoms with van der Waals surface area (Å²) >= 11 is 0. The number of aliphatic hydroxyl groups excluding tert-OH is 2. The van der Waals surface area contributed by atoms with Gasteiger partial charge in [0.1, 0.15) is 0 Å². The van der Waals surface area contributed by atoms with Crippen molar-refractivity contribution in [3.63, 3.8) is 0 Å². The SMILES string of the molecule is CCC(N)C(c1ccccc1C)N(CCO)CCO. The second-order valence-electron chi connectivity index (χ2n) is 4.86. The predicted molar refractivity (Wildman–Crippen MR) is 77.9 cm³/mol.